The summed E-state index contributed by atoms with van der Waals surface area (Å²) in [5.41, 5.74) is 10.4. The molecule has 4 N–H and O–H groups in total. The van der Waals surface area contributed by atoms with Gasteiger partial charge < -0.3 is 10.8 Å². The average Bonchev–Trinajstić information content (AvgIpc) is 2.45. The van der Waals surface area contributed by atoms with Crippen molar-refractivity contribution in [2.24, 2.45) is 5.10 Å². The maximum Gasteiger partial charge on any atom is 0.273 e. The van der Waals surface area contributed by atoms with Crippen LogP contribution in [0.3, 0.4) is 0 Å². The van der Waals surface area contributed by atoms with E-state index in [1.165, 1.54) is 0 Å². The second kappa shape index (κ2) is 5.88. The summed E-state index contributed by atoms with van der Waals surface area (Å²) in [7, 11) is 0. The fourth-order valence-electron chi connectivity index (χ4n) is 1.67. The number of phenols is 1. The van der Waals surface area contributed by atoms with Gasteiger partial charge in [0.15, 0.2) is 0 Å². The van der Waals surface area contributed by atoms with Crippen molar-refractivity contribution in [3.8, 4) is 5.75 Å². The van der Waals surface area contributed by atoms with Crippen LogP contribution in [0.1, 0.15) is 22.8 Å². The lowest BCUT2D eigenvalue weighted by atomic mass is 10.1. The summed E-state index contributed by atoms with van der Waals surface area (Å²) in [5.74, 6) is -0.177. The van der Waals surface area contributed by atoms with E-state index in [1.807, 2.05) is 0 Å². The van der Waals surface area contributed by atoms with Crippen molar-refractivity contribution in [3.63, 3.8) is 0 Å². The molecule has 0 aliphatic carbocycles. The Kier molecular flexibility index (Phi) is 4.00. The highest BCUT2D eigenvalue weighted by molar-refractivity contribution is 6.02. The summed E-state index contributed by atoms with van der Waals surface area (Å²) in [6.45, 7) is 1.76. The number of para-hydroxylation sites is 1. The van der Waals surface area contributed by atoms with Gasteiger partial charge in [0.05, 0.1) is 11.3 Å². The molecule has 0 saturated carbocycles. The molecule has 0 heterocycles. The van der Waals surface area contributed by atoms with Crippen LogP contribution in [0.15, 0.2) is 53.6 Å². The first-order chi connectivity index (χ1) is 9.58. The molecule has 0 radical (unpaired) electrons. The van der Waals surface area contributed by atoms with Crippen LogP contribution < -0.4 is 11.2 Å². The van der Waals surface area contributed by atoms with Crippen molar-refractivity contribution in [1.82, 2.24) is 5.43 Å². The van der Waals surface area contributed by atoms with Crippen molar-refractivity contribution < 1.29 is 9.90 Å². The van der Waals surface area contributed by atoms with Gasteiger partial charge in [-0.2, -0.15) is 5.10 Å². The topological polar surface area (TPSA) is 87.7 Å². The zero-order valence-electron chi connectivity index (χ0n) is 11.0. The van der Waals surface area contributed by atoms with E-state index in [-0.39, 0.29) is 11.7 Å². The number of hydrogen-bond donors (Lipinski definition) is 3. The van der Waals surface area contributed by atoms with Crippen LogP contribution in [0.4, 0.5) is 5.69 Å². The van der Waals surface area contributed by atoms with E-state index in [0.717, 1.165) is 5.56 Å². The smallest absolute Gasteiger partial charge is 0.273 e. The van der Waals surface area contributed by atoms with Gasteiger partial charge in [0.25, 0.3) is 5.91 Å². The molecule has 2 aromatic rings. The summed E-state index contributed by atoms with van der Waals surface area (Å²) in [4.78, 5) is 11.9. The van der Waals surface area contributed by atoms with Gasteiger partial charge in [-0.15, -0.1) is 0 Å². The lowest BCUT2D eigenvalue weighted by Gasteiger charge is -2.05. The highest BCUT2D eigenvalue weighted by Gasteiger charge is 2.07. The Morgan fingerprint density at radius 1 is 1.15 bits per heavy atom. The van der Waals surface area contributed by atoms with Gasteiger partial charge in [-0.05, 0) is 48.9 Å². The van der Waals surface area contributed by atoms with Crippen molar-refractivity contribution in [1.29, 1.82) is 0 Å². The predicted molar refractivity (Wildman–Crippen MR) is 78.6 cm³/mol. The second-order valence-corrected chi connectivity index (χ2v) is 4.27. The lowest BCUT2D eigenvalue weighted by Crippen LogP contribution is -2.20. The first kappa shape index (κ1) is 13.6. The number of carbonyl (C=O) groups is 1. The molecule has 1 amide bonds. The first-order valence-corrected chi connectivity index (χ1v) is 6.06. The normalized spacial score (nSPS) is 11.2. The fraction of sp³-hybridized carbons (Fsp3) is 0.0667. The number of nitrogens with zero attached hydrogens (tertiary/aromatic N) is 1. The van der Waals surface area contributed by atoms with Crippen LogP contribution in [0.2, 0.25) is 0 Å². The standard InChI is InChI=1S/C15H15N3O2/c1-10(11-6-8-12(19)9-7-11)17-18-15(20)13-4-2-3-5-14(13)16/h2-9,19H,16H2,1H3,(H,18,20). The Morgan fingerprint density at radius 3 is 2.45 bits per heavy atom. The summed E-state index contributed by atoms with van der Waals surface area (Å²) >= 11 is 0. The Morgan fingerprint density at radius 2 is 1.80 bits per heavy atom. The molecule has 0 atom stereocenters. The van der Waals surface area contributed by atoms with Crippen molar-refractivity contribution in [2.75, 3.05) is 5.73 Å². The molecule has 2 rings (SSSR count). The molecule has 0 aliphatic rings. The molecule has 0 unspecified atom stereocenters. The maximum absolute atomic E-state index is 11.9. The molecule has 5 nitrogen and oxygen atoms in total. The maximum atomic E-state index is 11.9. The van der Waals surface area contributed by atoms with Gasteiger partial charge in [0.2, 0.25) is 0 Å². The Bertz CT molecular complexity index is 648. The molecule has 0 aliphatic heterocycles. The zero-order valence-corrected chi connectivity index (χ0v) is 11.0. The van der Waals surface area contributed by atoms with E-state index in [1.54, 1.807) is 55.5 Å². The van der Waals surface area contributed by atoms with E-state index in [0.29, 0.717) is 17.0 Å². The molecule has 0 spiro atoms. The lowest BCUT2D eigenvalue weighted by molar-refractivity contribution is 0.0955. The van der Waals surface area contributed by atoms with Gasteiger partial charge >= 0.3 is 0 Å². The van der Waals surface area contributed by atoms with Crippen molar-refractivity contribution in [3.05, 3.63) is 59.7 Å². The number of nitrogens with one attached hydrogen (secondary N) is 1. The van der Waals surface area contributed by atoms with Crippen LogP contribution in [0, 0.1) is 0 Å². The summed E-state index contributed by atoms with van der Waals surface area (Å²) < 4.78 is 0. The summed E-state index contributed by atoms with van der Waals surface area (Å²) in [6, 6.07) is 13.4. The summed E-state index contributed by atoms with van der Waals surface area (Å²) in [6.07, 6.45) is 0. The monoisotopic (exact) mass is 269 g/mol. The number of anilines is 1. The fourth-order valence-corrected chi connectivity index (χ4v) is 1.67. The second-order valence-electron chi connectivity index (χ2n) is 4.27. The molecule has 0 bridgehead atoms. The van der Waals surface area contributed by atoms with Crippen LogP contribution in [-0.4, -0.2) is 16.7 Å². The SMILES string of the molecule is CC(=NNC(=O)c1ccccc1N)c1ccc(O)cc1. The molecule has 2 aromatic carbocycles. The Labute approximate surface area is 116 Å². The van der Waals surface area contributed by atoms with E-state index >= 15 is 0 Å². The number of rotatable bonds is 3. The largest absolute Gasteiger partial charge is 0.508 e. The molecule has 0 fully saturated rings. The Hall–Kier alpha value is -2.82. The number of amides is 1. The molecular weight excluding hydrogens is 254 g/mol. The average molecular weight is 269 g/mol. The predicted octanol–water partition coefficient (Wildman–Crippen LogP) is 2.13. The highest BCUT2D eigenvalue weighted by Crippen LogP contribution is 2.11. The van der Waals surface area contributed by atoms with Crippen molar-refractivity contribution in [2.45, 2.75) is 6.92 Å². The Balaban J connectivity index is 2.11. The number of hydrogen-bond acceptors (Lipinski definition) is 4. The van der Waals surface area contributed by atoms with Crippen LogP contribution >= 0.6 is 0 Å². The molecule has 0 aromatic heterocycles. The highest BCUT2D eigenvalue weighted by atomic mass is 16.3. The first-order valence-electron chi connectivity index (χ1n) is 6.06. The van der Waals surface area contributed by atoms with Gasteiger partial charge in [-0.25, -0.2) is 5.43 Å². The third-order valence-electron chi connectivity index (χ3n) is 2.82. The van der Waals surface area contributed by atoms with Crippen LogP contribution in [0.25, 0.3) is 0 Å². The van der Waals surface area contributed by atoms with Gasteiger partial charge in [0, 0.05) is 5.69 Å². The number of nitrogens with two attached hydrogens (primary N) is 1. The number of phenolic OH excluding ortho intramolecular Hbond substituents is 1. The zero-order chi connectivity index (χ0) is 14.5. The summed E-state index contributed by atoms with van der Waals surface area (Å²) in [5, 5.41) is 13.2. The molecule has 20 heavy (non-hydrogen) atoms. The number of aromatic hydroxyl groups is 1. The van der Waals surface area contributed by atoms with Gasteiger partial charge in [-0.1, -0.05) is 12.1 Å². The van der Waals surface area contributed by atoms with E-state index in [4.69, 9.17) is 5.73 Å². The molecule has 0 saturated heterocycles. The van der Waals surface area contributed by atoms with Gasteiger partial charge in [0.1, 0.15) is 5.75 Å². The van der Waals surface area contributed by atoms with E-state index < -0.39 is 0 Å². The van der Waals surface area contributed by atoms with Gasteiger partial charge in [-0.3, -0.25) is 4.79 Å². The minimum absolute atomic E-state index is 0.183. The third-order valence-corrected chi connectivity index (χ3v) is 2.82. The van der Waals surface area contributed by atoms with E-state index in [9.17, 15) is 9.90 Å². The number of nitrogen functional groups attached to an aromatic ring is 1. The minimum Gasteiger partial charge on any atom is -0.508 e. The van der Waals surface area contributed by atoms with Crippen LogP contribution in [-0.2, 0) is 0 Å². The van der Waals surface area contributed by atoms with Crippen molar-refractivity contribution >= 4 is 17.3 Å². The number of carbonyl (C=O) groups excluding carboxylic acids is 1. The molecule has 102 valence electrons. The quantitative estimate of drug-likeness (QED) is 0.453. The van der Waals surface area contributed by atoms with E-state index in [2.05, 4.69) is 10.5 Å². The number of hydrazone groups is 1. The number of benzene rings is 2. The van der Waals surface area contributed by atoms with Crippen LogP contribution in [0.5, 0.6) is 5.75 Å². The minimum atomic E-state index is -0.360. The molecular formula is C15H15N3O2. The molecule has 5 heteroatoms. The third kappa shape index (κ3) is 3.14.